The number of esters is 1. The number of rotatable bonds is 5. The minimum absolute atomic E-state index is 0.265. The van der Waals surface area contributed by atoms with Crippen molar-refractivity contribution in [2.45, 2.75) is 20.0 Å². The van der Waals surface area contributed by atoms with E-state index in [0.29, 0.717) is 18.9 Å². The van der Waals surface area contributed by atoms with Crippen LogP contribution in [0.15, 0.2) is 54.6 Å². The highest BCUT2D eigenvalue weighted by molar-refractivity contribution is 5.87. The molecular formula is C18H17NO3. The third-order valence-corrected chi connectivity index (χ3v) is 3.34. The molecule has 4 heteroatoms. The Balaban J connectivity index is 1.82. The van der Waals surface area contributed by atoms with Gasteiger partial charge in [0.05, 0.1) is 5.52 Å². The van der Waals surface area contributed by atoms with Crippen LogP contribution in [0.2, 0.25) is 0 Å². The number of carbonyl (C=O) groups excluding carboxylic acids is 1. The maximum absolute atomic E-state index is 11.4. The first-order valence-electron chi connectivity index (χ1n) is 7.25. The molecule has 1 N–H and O–H groups in total. The van der Waals surface area contributed by atoms with Crippen LogP contribution >= 0.6 is 0 Å². The fraction of sp³-hybridized carbons (Fsp3) is 0.167. The molecule has 0 aliphatic heterocycles. The van der Waals surface area contributed by atoms with Crippen LogP contribution in [0.4, 0.5) is 0 Å². The zero-order valence-electron chi connectivity index (χ0n) is 12.3. The first-order valence-corrected chi connectivity index (χ1v) is 7.25. The lowest BCUT2D eigenvalue weighted by Gasteiger charge is -2.07. The summed E-state index contributed by atoms with van der Waals surface area (Å²) < 4.78 is 11.1. The van der Waals surface area contributed by atoms with Gasteiger partial charge in [0, 0.05) is 17.9 Å². The highest BCUT2D eigenvalue weighted by Crippen LogP contribution is 2.29. The van der Waals surface area contributed by atoms with E-state index in [1.54, 1.807) is 13.0 Å². The quantitative estimate of drug-likeness (QED) is 0.722. The van der Waals surface area contributed by atoms with Gasteiger partial charge in [0.15, 0.2) is 0 Å². The van der Waals surface area contributed by atoms with Crippen LogP contribution in [-0.4, -0.2) is 11.0 Å². The van der Waals surface area contributed by atoms with E-state index in [4.69, 9.17) is 9.47 Å². The summed E-state index contributed by atoms with van der Waals surface area (Å²) in [5, 5.41) is 0.949. The Kier molecular flexibility index (Phi) is 4.10. The zero-order chi connectivity index (χ0) is 15.4. The lowest BCUT2D eigenvalue weighted by Crippen LogP contribution is -2.05. The van der Waals surface area contributed by atoms with Crippen molar-refractivity contribution < 1.29 is 14.3 Å². The van der Waals surface area contributed by atoms with Crippen molar-refractivity contribution in [2.75, 3.05) is 0 Å². The van der Waals surface area contributed by atoms with Gasteiger partial charge in [-0.3, -0.25) is 4.79 Å². The van der Waals surface area contributed by atoms with Crippen molar-refractivity contribution in [2.24, 2.45) is 0 Å². The van der Waals surface area contributed by atoms with Crippen molar-refractivity contribution in [3.05, 3.63) is 60.2 Å². The van der Waals surface area contributed by atoms with Crippen molar-refractivity contribution in [3.63, 3.8) is 0 Å². The van der Waals surface area contributed by atoms with Gasteiger partial charge in [0.2, 0.25) is 5.88 Å². The predicted molar refractivity (Wildman–Crippen MR) is 85.0 cm³/mol. The summed E-state index contributed by atoms with van der Waals surface area (Å²) in [7, 11) is 0. The second-order valence-electron chi connectivity index (χ2n) is 4.96. The van der Waals surface area contributed by atoms with E-state index in [-0.39, 0.29) is 5.97 Å². The van der Waals surface area contributed by atoms with Crippen LogP contribution in [0.25, 0.3) is 10.9 Å². The van der Waals surface area contributed by atoms with E-state index in [1.165, 1.54) is 0 Å². The van der Waals surface area contributed by atoms with Crippen LogP contribution in [-0.2, 0) is 11.4 Å². The lowest BCUT2D eigenvalue weighted by molar-refractivity contribution is -0.134. The average molecular weight is 295 g/mol. The smallest absolute Gasteiger partial charge is 0.312 e. The molecule has 0 saturated carbocycles. The average Bonchev–Trinajstić information content (AvgIpc) is 2.96. The van der Waals surface area contributed by atoms with Gasteiger partial charge < -0.3 is 14.5 Å². The van der Waals surface area contributed by atoms with Crippen LogP contribution in [0.3, 0.4) is 0 Å². The molecule has 3 aromatic rings. The molecule has 0 spiro atoms. The standard InChI is InChI=1S/C18H17NO3/c1-2-17(20)22-16-11-14-9-6-10-15(18(14)19-16)21-12-13-7-4-3-5-8-13/h3-11,19H,2,12H2,1H3. The third-order valence-electron chi connectivity index (χ3n) is 3.34. The molecule has 0 atom stereocenters. The molecule has 0 saturated heterocycles. The topological polar surface area (TPSA) is 51.3 Å². The number of fused-ring (bicyclic) bond motifs is 1. The minimum atomic E-state index is -0.265. The highest BCUT2D eigenvalue weighted by Gasteiger charge is 2.09. The van der Waals surface area contributed by atoms with E-state index >= 15 is 0 Å². The molecule has 22 heavy (non-hydrogen) atoms. The summed E-state index contributed by atoms with van der Waals surface area (Å²) in [5.74, 6) is 0.913. The molecule has 0 fully saturated rings. The maximum atomic E-state index is 11.4. The first-order chi connectivity index (χ1) is 10.8. The number of H-pyrrole nitrogens is 1. The maximum Gasteiger partial charge on any atom is 0.312 e. The Labute approximate surface area is 128 Å². The lowest BCUT2D eigenvalue weighted by atomic mass is 10.2. The number of para-hydroxylation sites is 1. The van der Waals surface area contributed by atoms with Crippen LogP contribution in [0, 0.1) is 0 Å². The fourth-order valence-electron chi connectivity index (χ4n) is 2.21. The number of aromatic nitrogens is 1. The Hall–Kier alpha value is -2.75. The predicted octanol–water partition coefficient (Wildman–Crippen LogP) is 4.06. The van der Waals surface area contributed by atoms with Crippen LogP contribution in [0.1, 0.15) is 18.9 Å². The van der Waals surface area contributed by atoms with Gasteiger partial charge >= 0.3 is 5.97 Å². The molecule has 0 unspecified atom stereocenters. The molecule has 0 aliphatic rings. The fourth-order valence-corrected chi connectivity index (χ4v) is 2.21. The van der Waals surface area contributed by atoms with E-state index in [9.17, 15) is 4.79 Å². The molecule has 2 aromatic carbocycles. The number of ether oxygens (including phenoxy) is 2. The van der Waals surface area contributed by atoms with Crippen molar-refractivity contribution in [1.82, 2.24) is 4.98 Å². The van der Waals surface area contributed by atoms with Crippen LogP contribution < -0.4 is 9.47 Å². The third kappa shape index (κ3) is 3.11. The van der Waals surface area contributed by atoms with Gasteiger partial charge in [-0.2, -0.15) is 0 Å². The largest absolute Gasteiger partial charge is 0.487 e. The molecule has 1 aromatic heterocycles. The van der Waals surface area contributed by atoms with Gasteiger partial charge in [-0.25, -0.2) is 0 Å². The number of hydrogen-bond acceptors (Lipinski definition) is 3. The number of aromatic amines is 1. The summed E-state index contributed by atoms with van der Waals surface area (Å²) in [6.45, 7) is 2.25. The van der Waals surface area contributed by atoms with Crippen LogP contribution in [0.5, 0.6) is 11.6 Å². The first kappa shape index (κ1) is 14.2. The molecule has 0 amide bonds. The van der Waals surface area contributed by atoms with Crippen molar-refractivity contribution in [3.8, 4) is 11.6 Å². The number of nitrogens with one attached hydrogen (secondary N) is 1. The second kappa shape index (κ2) is 6.35. The zero-order valence-corrected chi connectivity index (χ0v) is 12.3. The Morgan fingerprint density at radius 3 is 2.68 bits per heavy atom. The van der Waals surface area contributed by atoms with Gasteiger partial charge in [-0.15, -0.1) is 0 Å². The van der Waals surface area contributed by atoms with E-state index in [0.717, 1.165) is 22.2 Å². The molecule has 0 radical (unpaired) electrons. The van der Waals surface area contributed by atoms with E-state index in [2.05, 4.69) is 4.98 Å². The molecule has 3 rings (SSSR count). The van der Waals surface area contributed by atoms with E-state index in [1.807, 2.05) is 48.5 Å². The van der Waals surface area contributed by atoms with E-state index < -0.39 is 0 Å². The summed E-state index contributed by atoms with van der Waals surface area (Å²) in [6, 6.07) is 17.5. The summed E-state index contributed by atoms with van der Waals surface area (Å²) >= 11 is 0. The monoisotopic (exact) mass is 295 g/mol. The molecule has 1 heterocycles. The van der Waals surface area contributed by atoms with Gasteiger partial charge in [-0.1, -0.05) is 49.4 Å². The molecular weight excluding hydrogens is 278 g/mol. The summed E-state index contributed by atoms with van der Waals surface area (Å²) in [4.78, 5) is 14.5. The van der Waals surface area contributed by atoms with Gasteiger partial charge in [0.1, 0.15) is 12.4 Å². The Morgan fingerprint density at radius 2 is 1.91 bits per heavy atom. The molecule has 0 aliphatic carbocycles. The molecule has 112 valence electrons. The minimum Gasteiger partial charge on any atom is -0.487 e. The number of carbonyl (C=O) groups is 1. The van der Waals surface area contributed by atoms with Gasteiger partial charge in [-0.05, 0) is 11.6 Å². The highest BCUT2D eigenvalue weighted by atomic mass is 16.5. The molecule has 0 bridgehead atoms. The second-order valence-corrected chi connectivity index (χ2v) is 4.96. The van der Waals surface area contributed by atoms with Crippen molar-refractivity contribution in [1.29, 1.82) is 0 Å². The number of benzene rings is 2. The van der Waals surface area contributed by atoms with Crippen molar-refractivity contribution >= 4 is 16.9 Å². The summed E-state index contributed by atoms with van der Waals surface area (Å²) in [6.07, 6.45) is 0.340. The molecule has 4 nitrogen and oxygen atoms in total. The summed E-state index contributed by atoms with van der Waals surface area (Å²) in [5.41, 5.74) is 1.93. The Bertz CT molecular complexity index is 777. The van der Waals surface area contributed by atoms with Gasteiger partial charge in [0.25, 0.3) is 0 Å². The Morgan fingerprint density at radius 1 is 1.09 bits per heavy atom. The number of hydrogen-bond donors (Lipinski definition) is 1. The normalized spacial score (nSPS) is 10.6. The SMILES string of the molecule is CCC(=O)Oc1cc2cccc(OCc3ccccc3)c2[nH]1.